The van der Waals surface area contributed by atoms with E-state index in [-0.39, 0.29) is 11.9 Å². The van der Waals surface area contributed by atoms with Crippen molar-refractivity contribution in [2.45, 2.75) is 19.9 Å². The summed E-state index contributed by atoms with van der Waals surface area (Å²) in [6.07, 6.45) is 3.15. The number of hydrogen-bond acceptors (Lipinski definition) is 6. The maximum absolute atomic E-state index is 12.6. The molecule has 136 valence electrons. The van der Waals surface area contributed by atoms with E-state index in [1.807, 2.05) is 18.2 Å². The van der Waals surface area contributed by atoms with Crippen LogP contribution in [0.4, 0.5) is 0 Å². The first-order valence-corrected chi connectivity index (χ1v) is 8.62. The average molecular weight is 354 g/mol. The number of tetrazole rings is 1. The second-order valence-corrected chi connectivity index (χ2v) is 5.77. The van der Waals surface area contributed by atoms with Gasteiger partial charge in [-0.3, -0.25) is 9.69 Å². The van der Waals surface area contributed by atoms with Gasteiger partial charge in [0.2, 0.25) is 0 Å². The number of aromatic nitrogens is 4. The zero-order chi connectivity index (χ0) is 18.4. The molecule has 1 amide bonds. The molecule has 2 heterocycles. The van der Waals surface area contributed by atoms with Gasteiger partial charge in [-0.05, 0) is 53.8 Å². The molecule has 0 radical (unpaired) electrons. The van der Waals surface area contributed by atoms with Crippen molar-refractivity contribution >= 4 is 5.91 Å². The summed E-state index contributed by atoms with van der Waals surface area (Å²) in [6, 6.07) is 11.0. The summed E-state index contributed by atoms with van der Waals surface area (Å²) < 4.78 is 7.08. The van der Waals surface area contributed by atoms with Gasteiger partial charge in [0, 0.05) is 12.1 Å². The van der Waals surface area contributed by atoms with Crippen LogP contribution < -0.4 is 5.32 Å². The first-order chi connectivity index (χ1) is 12.7. The summed E-state index contributed by atoms with van der Waals surface area (Å²) in [7, 11) is 0. The highest BCUT2D eigenvalue weighted by atomic mass is 16.3. The molecule has 1 aromatic carbocycles. The molecule has 3 rings (SSSR count). The number of carbonyl (C=O) groups excluding carboxylic acids is 1. The molecule has 0 fully saturated rings. The molecule has 1 N–H and O–H groups in total. The van der Waals surface area contributed by atoms with E-state index in [2.05, 4.69) is 39.6 Å². The molecule has 8 nitrogen and oxygen atoms in total. The average Bonchev–Trinajstić information content (AvgIpc) is 3.39. The number of likely N-dealkylation sites (N-methyl/N-ethyl adjacent to an activating group) is 1. The van der Waals surface area contributed by atoms with Crippen LogP contribution in [0.1, 0.15) is 36.0 Å². The van der Waals surface area contributed by atoms with Crippen molar-refractivity contribution in [2.75, 3.05) is 19.6 Å². The maximum atomic E-state index is 12.6. The second kappa shape index (κ2) is 8.39. The maximum Gasteiger partial charge on any atom is 0.251 e. The molecule has 0 saturated heterocycles. The molecule has 1 atom stereocenters. The van der Waals surface area contributed by atoms with E-state index in [9.17, 15) is 4.79 Å². The summed E-state index contributed by atoms with van der Waals surface area (Å²) in [5, 5.41) is 14.1. The van der Waals surface area contributed by atoms with Gasteiger partial charge in [-0.15, -0.1) is 5.10 Å². The molecule has 3 aromatic rings. The third-order valence-electron chi connectivity index (χ3n) is 4.30. The Balaban J connectivity index is 1.72. The number of nitrogens with one attached hydrogen (secondary N) is 1. The molecule has 8 heteroatoms. The Morgan fingerprint density at radius 3 is 2.77 bits per heavy atom. The number of hydrogen-bond donors (Lipinski definition) is 1. The summed E-state index contributed by atoms with van der Waals surface area (Å²) in [6.45, 7) is 6.38. The van der Waals surface area contributed by atoms with Crippen LogP contribution in [0.3, 0.4) is 0 Å². The van der Waals surface area contributed by atoms with E-state index in [4.69, 9.17) is 4.42 Å². The number of amides is 1. The van der Waals surface area contributed by atoms with Crippen molar-refractivity contribution in [1.82, 2.24) is 30.4 Å². The Hall–Kier alpha value is -3.00. The summed E-state index contributed by atoms with van der Waals surface area (Å²) in [4.78, 5) is 14.9. The van der Waals surface area contributed by atoms with E-state index in [0.29, 0.717) is 12.1 Å². The van der Waals surface area contributed by atoms with E-state index in [1.165, 1.54) is 11.0 Å². The van der Waals surface area contributed by atoms with Gasteiger partial charge >= 0.3 is 0 Å². The summed E-state index contributed by atoms with van der Waals surface area (Å²) >= 11 is 0. The van der Waals surface area contributed by atoms with Crippen LogP contribution in [-0.4, -0.2) is 50.6 Å². The number of benzene rings is 1. The predicted octanol–water partition coefficient (Wildman–Crippen LogP) is 2.07. The minimum atomic E-state index is -0.149. The van der Waals surface area contributed by atoms with Crippen molar-refractivity contribution in [2.24, 2.45) is 0 Å². The zero-order valence-corrected chi connectivity index (χ0v) is 14.9. The number of nitrogens with zero attached hydrogens (tertiary/aromatic N) is 5. The van der Waals surface area contributed by atoms with E-state index in [0.717, 1.165) is 24.5 Å². The van der Waals surface area contributed by atoms with Crippen LogP contribution in [-0.2, 0) is 0 Å². The Morgan fingerprint density at radius 1 is 1.27 bits per heavy atom. The van der Waals surface area contributed by atoms with Crippen LogP contribution >= 0.6 is 0 Å². The highest BCUT2D eigenvalue weighted by Gasteiger charge is 2.21. The first kappa shape index (κ1) is 17.8. The van der Waals surface area contributed by atoms with E-state index >= 15 is 0 Å². The topological polar surface area (TPSA) is 89.1 Å². The quantitative estimate of drug-likeness (QED) is 0.666. The Morgan fingerprint density at radius 2 is 2.12 bits per heavy atom. The molecule has 0 spiro atoms. The van der Waals surface area contributed by atoms with Crippen molar-refractivity contribution < 1.29 is 9.21 Å². The van der Waals surface area contributed by atoms with Gasteiger partial charge in [0.25, 0.3) is 5.91 Å². The van der Waals surface area contributed by atoms with Crippen LogP contribution in [0.15, 0.2) is 53.4 Å². The van der Waals surface area contributed by atoms with E-state index in [1.54, 1.807) is 24.5 Å². The molecule has 0 bridgehead atoms. The Kier molecular flexibility index (Phi) is 5.75. The van der Waals surface area contributed by atoms with Gasteiger partial charge < -0.3 is 9.73 Å². The third-order valence-corrected chi connectivity index (χ3v) is 4.30. The normalized spacial score (nSPS) is 12.3. The lowest BCUT2D eigenvalue weighted by molar-refractivity contribution is 0.0929. The first-order valence-electron chi connectivity index (χ1n) is 8.62. The predicted molar refractivity (Wildman–Crippen MR) is 95.9 cm³/mol. The fourth-order valence-electron chi connectivity index (χ4n) is 2.92. The Labute approximate surface area is 151 Å². The van der Waals surface area contributed by atoms with Gasteiger partial charge in [-0.25, -0.2) is 4.68 Å². The number of rotatable bonds is 8. The summed E-state index contributed by atoms with van der Waals surface area (Å²) in [5.74, 6) is 0.695. The highest BCUT2D eigenvalue weighted by Crippen LogP contribution is 2.20. The fraction of sp³-hybridized carbons (Fsp3) is 0.333. The van der Waals surface area contributed by atoms with Crippen molar-refractivity contribution in [3.8, 4) is 5.69 Å². The molecule has 2 aromatic heterocycles. The van der Waals surface area contributed by atoms with Crippen LogP contribution in [0.2, 0.25) is 0 Å². The molecule has 0 aliphatic rings. The second-order valence-electron chi connectivity index (χ2n) is 5.77. The van der Waals surface area contributed by atoms with Gasteiger partial charge in [0.05, 0.1) is 18.0 Å². The van der Waals surface area contributed by atoms with Crippen molar-refractivity contribution in [3.63, 3.8) is 0 Å². The monoisotopic (exact) mass is 354 g/mol. The van der Waals surface area contributed by atoms with Gasteiger partial charge in [0.1, 0.15) is 12.1 Å². The molecular formula is C18H22N6O2. The molecule has 0 saturated carbocycles. The smallest absolute Gasteiger partial charge is 0.251 e. The van der Waals surface area contributed by atoms with Crippen molar-refractivity contribution in [3.05, 3.63) is 60.3 Å². The molecule has 1 unspecified atom stereocenters. The third kappa shape index (κ3) is 3.97. The molecule has 26 heavy (non-hydrogen) atoms. The lowest BCUT2D eigenvalue weighted by Gasteiger charge is -2.28. The van der Waals surface area contributed by atoms with Crippen LogP contribution in [0, 0.1) is 0 Å². The minimum Gasteiger partial charge on any atom is -0.468 e. The SMILES string of the molecule is CCN(CC)C(CNC(=O)c1cccc(-n2cnnn2)c1)c1ccco1. The zero-order valence-electron chi connectivity index (χ0n) is 14.9. The summed E-state index contributed by atoms with van der Waals surface area (Å²) in [5.41, 5.74) is 1.28. The van der Waals surface area contributed by atoms with Gasteiger partial charge in [-0.2, -0.15) is 0 Å². The Bertz CT molecular complexity index is 812. The fourth-order valence-corrected chi connectivity index (χ4v) is 2.92. The lowest BCUT2D eigenvalue weighted by atomic mass is 10.1. The molecule has 0 aliphatic heterocycles. The number of furan rings is 1. The minimum absolute atomic E-state index is 0.00773. The lowest BCUT2D eigenvalue weighted by Crippen LogP contribution is -2.37. The standard InChI is InChI=1S/C18H22N6O2/c1-3-23(4-2)16(17-9-6-10-26-17)12-19-18(25)14-7-5-8-15(11-14)24-13-20-21-22-24/h5-11,13,16H,3-4,12H2,1-2H3,(H,19,25). The van der Waals surface area contributed by atoms with Gasteiger partial charge in [0.15, 0.2) is 0 Å². The van der Waals surface area contributed by atoms with Crippen LogP contribution in [0.25, 0.3) is 5.69 Å². The molecular weight excluding hydrogens is 332 g/mol. The van der Waals surface area contributed by atoms with Crippen molar-refractivity contribution in [1.29, 1.82) is 0 Å². The van der Waals surface area contributed by atoms with Crippen LogP contribution in [0.5, 0.6) is 0 Å². The highest BCUT2D eigenvalue weighted by molar-refractivity contribution is 5.94. The van der Waals surface area contributed by atoms with Gasteiger partial charge in [-0.1, -0.05) is 19.9 Å². The largest absolute Gasteiger partial charge is 0.468 e. The molecule has 0 aliphatic carbocycles. The number of carbonyl (C=O) groups is 1. The van der Waals surface area contributed by atoms with E-state index < -0.39 is 0 Å².